The van der Waals surface area contributed by atoms with Crippen LogP contribution in [0.3, 0.4) is 0 Å². The molecule has 2 aromatic rings. The molecule has 1 saturated heterocycles. The van der Waals surface area contributed by atoms with Crippen LogP contribution in [0, 0.1) is 5.95 Å². The molecule has 2 aromatic heterocycles. The van der Waals surface area contributed by atoms with Crippen LogP contribution in [-0.2, 0) is 14.8 Å². The van der Waals surface area contributed by atoms with Crippen LogP contribution in [0.15, 0.2) is 28.6 Å². The SMILES string of the molecule is CC(=O)Nc1ncc(S(=O)(=O)N2CCC(Oc3cccc(F)n3)C2)s1. The maximum Gasteiger partial charge on any atom is 0.254 e. The number of carbonyl (C=O) groups excluding carboxylic acids is 1. The van der Waals surface area contributed by atoms with Gasteiger partial charge in [-0.3, -0.25) is 4.79 Å². The maximum absolute atomic E-state index is 13.1. The summed E-state index contributed by atoms with van der Waals surface area (Å²) in [4.78, 5) is 18.5. The van der Waals surface area contributed by atoms with Crippen LogP contribution in [0.1, 0.15) is 13.3 Å². The number of hydrogen-bond donors (Lipinski definition) is 1. The molecule has 25 heavy (non-hydrogen) atoms. The van der Waals surface area contributed by atoms with E-state index in [1.54, 1.807) is 0 Å². The molecule has 8 nitrogen and oxygen atoms in total. The van der Waals surface area contributed by atoms with Crippen LogP contribution in [0.2, 0.25) is 0 Å². The molecule has 0 aliphatic carbocycles. The van der Waals surface area contributed by atoms with Gasteiger partial charge in [0, 0.05) is 19.5 Å². The van der Waals surface area contributed by atoms with Gasteiger partial charge in [0.15, 0.2) is 9.34 Å². The molecule has 0 saturated carbocycles. The lowest BCUT2D eigenvalue weighted by Crippen LogP contribution is -2.30. The fraction of sp³-hybridized carbons (Fsp3) is 0.357. The summed E-state index contributed by atoms with van der Waals surface area (Å²) in [6.45, 7) is 1.72. The summed E-state index contributed by atoms with van der Waals surface area (Å²) in [5, 5.41) is 2.68. The van der Waals surface area contributed by atoms with Crippen molar-refractivity contribution >= 4 is 32.4 Å². The van der Waals surface area contributed by atoms with E-state index in [0.717, 1.165) is 11.3 Å². The van der Waals surface area contributed by atoms with Crippen molar-refractivity contribution in [2.24, 2.45) is 0 Å². The number of nitrogens with zero attached hydrogens (tertiary/aromatic N) is 3. The Morgan fingerprint density at radius 1 is 1.48 bits per heavy atom. The second kappa shape index (κ2) is 7.02. The van der Waals surface area contributed by atoms with E-state index in [-0.39, 0.29) is 34.2 Å². The van der Waals surface area contributed by atoms with E-state index in [1.807, 2.05) is 0 Å². The van der Waals surface area contributed by atoms with E-state index in [4.69, 9.17) is 4.74 Å². The van der Waals surface area contributed by atoms with Gasteiger partial charge in [-0.05, 0) is 12.5 Å². The van der Waals surface area contributed by atoms with Crippen LogP contribution < -0.4 is 10.1 Å². The third-order valence-electron chi connectivity index (χ3n) is 3.45. The second-order valence-corrected chi connectivity index (χ2v) is 8.55. The minimum atomic E-state index is -3.72. The van der Waals surface area contributed by atoms with Crippen molar-refractivity contribution in [1.82, 2.24) is 14.3 Å². The molecule has 0 aromatic carbocycles. The first-order valence-corrected chi connectivity index (χ1v) is 9.63. The minimum Gasteiger partial charge on any atom is -0.473 e. The monoisotopic (exact) mass is 386 g/mol. The van der Waals surface area contributed by atoms with Gasteiger partial charge in [0.05, 0.1) is 12.7 Å². The van der Waals surface area contributed by atoms with Gasteiger partial charge in [-0.15, -0.1) is 0 Å². The average Bonchev–Trinajstić information content (AvgIpc) is 3.17. The standard InChI is InChI=1S/C14H15FN4O4S2/c1-9(20)17-14-16-7-13(24-14)25(21,22)19-6-5-10(8-19)23-12-4-2-3-11(15)18-12/h2-4,7,10H,5-6,8H2,1H3,(H,16,17,20). The van der Waals surface area contributed by atoms with E-state index in [0.29, 0.717) is 6.42 Å². The van der Waals surface area contributed by atoms with Gasteiger partial charge in [-0.1, -0.05) is 17.4 Å². The average molecular weight is 386 g/mol. The van der Waals surface area contributed by atoms with Crippen molar-refractivity contribution in [2.75, 3.05) is 18.4 Å². The lowest BCUT2D eigenvalue weighted by Gasteiger charge is -2.15. The molecular formula is C14H15FN4O4S2. The highest BCUT2D eigenvalue weighted by atomic mass is 32.2. The summed E-state index contributed by atoms with van der Waals surface area (Å²) >= 11 is 0.887. The molecule has 11 heteroatoms. The number of aromatic nitrogens is 2. The molecule has 1 aliphatic heterocycles. The number of ether oxygens (including phenoxy) is 1. The van der Waals surface area contributed by atoms with Crippen LogP contribution >= 0.6 is 11.3 Å². The minimum absolute atomic E-state index is 0.0424. The Morgan fingerprint density at radius 2 is 2.28 bits per heavy atom. The van der Waals surface area contributed by atoms with Gasteiger partial charge in [-0.25, -0.2) is 13.4 Å². The van der Waals surface area contributed by atoms with Crippen LogP contribution in [0.4, 0.5) is 9.52 Å². The second-order valence-electron chi connectivity index (χ2n) is 5.36. The van der Waals surface area contributed by atoms with Crippen LogP contribution in [0.5, 0.6) is 5.88 Å². The Balaban J connectivity index is 1.68. The Hall–Kier alpha value is -2.11. The predicted molar refractivity (Wildman–Crippen MR) is 88.4 cm³/mol. The number of sulfonamides is 1. The molecule has 1 aliphatic rings. The van der Waals surface area contributed by atoms with Crippen molar-refractivity contribution in [2.45, 2.75) is 23.7 Å². The number of carbonyl (C=O) groups is 1. The molecule has 1 N–H and O–H groups in total. The van der Waals surface area contributed by atoms with Gasteiger partial charge < -0.3 is 10.1 Å². The van der Waals surface area contributed by atoms with Crippen molar-refractivity contribution in [3.05, 3.63) is 30.3 Å². The van der Waals surface area contributed by atoms with Crippen molar-refractivity contribution in [3.8, 4) is 5.88 Å². The summed E-state index contributed by atoms with van der Waals surface area (Å²) in [5.41, 5.74) is 0. The molecule has 0 spiro atoms. The first kappa shape index (κ1) is 17.7. The molecule has 1 amide bonds. The van der Waals surface area contributed by atoms with Crippen LogP contribution in [0.25, 0.3) is 0 Å². The van der Waals surface area contributed by atoms with Gasteiger partial charge >= 0.3 is 0 Å². The zero-order valence-electron chi connectivity index (χ0n) is 13.2. The zero-order valence-corrected chi connectivity index (χ0v) is 14.8. The topological polar surface area (TPSA) is 101 Å². The van der Waals surface area contributed by atoms with E-state index >= 15 is 0 Å². The van der Waals surface area contributed by atoms with Gasteiger partial charge in [0.1, 0.15) is 6.10 Å². The summed E-state index contributed by atoms with van der Waals surface area (Å²) in [6, 6.07) is 4.19. The first-order chi connectivity index (χ1) is 11.8. The third kappa shape index (κ3) is 4.11. The van der Waals surface area contributed by atoms with Crippen molar-refractivity contribution < 1.29 is 22.3 Å². The molecule has 3 rings (SSSR count). The summed E-state index contributed by atoms with van der Waals surface area (Å²) in [7, 11) is -3.72. The normalized spacial score (nSPS) is 18.2. The molecule has 1 atom stereocenters. The van der Waals surface area contributed by atoms with Crippen molar-refractivity contribution in [3.63, 3.8) is 0 Å². The molecule has 134 valence electrons. The number of thiazole rings is 1. The maximum atomic E-state index is 13.1. The molecule has 3 heterocycles. The lowest BCUT2D eigenvalue weighted by atomic mass is 10.3. The van der Waals surface area contributed by atoms with E-state index in [9.17, 15) is 17.6 Å². The number of nitrogens with one attached hydrogen (secondary N) is 1. The van der Waals surface area contributed by atoms with Gasteiger partial charge in [0.2, 0.25) is 17.7 Å². The quantitative estimate of drug-likeness (QED) is 0.781. The highest BCUT2D eigenvalue weighted by Gasteiger charge is 2.35. The van der Waals surface area contributed by atoms with Gasteiger partial charge in [0.25, 0.3) is 10.0 Å². The number of halogens is 1. The van der Waals surface area contributed by atoms with Crippen LogP contribution in [-0.4, -0.2) is 47.8 Å². The Morgan fingerprint density at radius 3 is 3.00 bits per heavy atom. The molecule has 0 bridgehead atoms. The Kier molecular flexibility index (Phi) is 4.97. The third-order valence-corrected chi connectivity index (χ3v) is 6.66. The number of rotatable bonds is 5. The highest BCUT2D eigenvalue weighted by Crippen LogP contribution is 2.29. The fourth-order valence-corrected chi connectivity index (χ4v) is 5.07. The predicted octanol–water partition coefficient (Wildman–Crippen LogP) is 1.48. The smallest absolute Gasteiger partial charge is 0.254 e. The van der Waals surface area contributed by atoms with Crippen molar-refractivity contribution in [1.29, 1.82) is 0 Å². The molecule has 1 fully saturated rings. The molecule has 0 radical (unpaired) electrons. The van der Waals surface area contributed by atoms with Gasteiger partial charge in [-0.2, -0.15) is 13.7 Å². The largest absolute Gasteiger partial charge is 0.473 e. The molecular weight excluding hydrogens is 371 g/mol. The molecule has 1 unspecified atom stereocenters. The number of anilines is 1. The zero-order chi connectivity index (χ0) is 18.0. The summed E-state index contributed by atoms with van der Waals surface area (Å²) in [5.74, 6) is -0.861. The number of amides is 1. The summed E-state index contributed by atoms with van der Waals surface area (Å²) in [6.07, 6.45) is 1.27. The summed E-state index contributed by atoms with van der Waals surface area (Å²) < 4.78 is 45.2. The number of pyridine rings is 1. The van der Waals surface area contributed by atoms with E-state index in [1.165, 1.54) is 35.6 Å². The lowest BCUT2D eigenvalue weighted by molar-refractivity contribution is -0.114. The Bertz CT molecular complexity index is 886. The van der Waals surface area contributed by atoms with E-state index < -0.39 is 22.1 Å². The Labute approximate surface area is 147 Å². The van der Waals surface area contributed by atoms with E-state index in [2.05, 4.69) is 15.3 Å². The number of hydrogen-bond acceptors (Lipinski definition) is 7. The highest BCUT2D eigenvalue weighted by molar-refractivity contribution is 7.91. The fourth-order valence-electron chi connectivity index (χ4n) is 2.35. The first-order valence-electron chi connectivity index (χ1n) is 7.37.